The number of hydrazone groups is 1. The summed E-state index contributed by atoms with van der Waals surface area (Å²) in [6, 6.07) is 15.4. The van der Waals surface area contributed by atoms with Gasteiger partial charge in [0.05, 0.1) is 11.8 Å². The summed E-state index contributed by atoms with van der Waals surface area (Å²) in [4.78, 5) is 22.1. The summed E-state index contributed by atoms with van der Waals surface area (Å²) < 4.78 is 5.83. The van der Waals surface area contributed by atoms with E-state index >= 15 is 0 Å². The van der Waals surface area contributed by atoms with E-state index in [0.29, 0.717) is 23.6 Å². The van der Waals surface area contributed by atoms with Crippen LogP contribution in [0.3, 0.4) is 0 Å². The average molecular weight is 388 g/mol. The van der Waals surface area contributed by atoms with Crippen LogP contribution in [0.5, 0.6) is 0 Å². The van der Waals surface area contributed by atoms with Gasteiger partial charge < -0.3 is 4.42 Å². The lowest BCUT2D eigenvalue weighted by molar-refractivity contribution is -0.130. The van der Waals surface area contributed by atoms with E-state index in [-0.39, 0.29) is 11.9 Å². The van der Waals surface area contributed by atoms with Crippen LogP contribution in [0, 0.1) is 0 Å². The molecular weight excluding hydrogens is 372 g/mol. The highest BCUT2D eigenvalue weighted by Crippen LogP contribution is 2.35. The van der Waals surface area contributed by atoms with Crippen LogP contribution in [0.25, 0.3) is 22.7 Å². The van der Waals surface area contributed by atoms with Gasteiger partial charge in [0.1, 0.15) is 11.2 Å². The Morgan fingerprint density at radius 1 is 1.21 bits per heavy atom. The number of hydrogen-bond donors (Lipinski definition) is 0. The number of amides is 1. The van der Waals surface area contributed by atoms with Gasteiger partial charge in [0, 0.05) is 30.0 Å². The first-order chi connectivity index (χ1) is 13.7. The molecule has 3 aromatic heterocycles. The Hall–Kier alpha value is -3.32. The molecule has 0 N–H and O–H groups in total. The monoisotopic (exact) mass is 388 g/mol. The van der Waals surface area contributed by atoms with Gasteiger partial charge in [-0.1, -0.05) is 12.1 Å². The van der Waals surface area contributed by atoms with E-state index < -0.39 is 0 Å². The summed E-state index contributed by atoms with van der Waals surface area (Å²) in [6.07, 6.45) is 2.39. The second-order valence-corrected chi connectivity index (χ2v) is 7.54. The predicted molar refractivity (Wildman–Crippen MR) is 108 cm³/mol. The summed E-state index contributed by atoms with van der Waals surface area (Å²) in [5.74, 6) is 0.427. The van der Waals surface area contributed by atoms with E-state index in [1.807, 2.05) is 53.9 Å². The number of pyridine rings is 1. The number of benzene rings is 1. The lowest BCUT2D eigenvalue weighted by atomic mass is 10.0. The van der Waals surface area contributed by atoms with E-state index in [4.69, 9.17) is 4.42 Å². The van der Waals surface area contributed by atoms with Gasteiger partial charge in [0.15, 0.2) is 5.58 Å². The third-order valence-corrected chi connectivity index (χ3v) is 5.68. The molecule has 0 radical (unpaired) electrons. The van der Waals surface area contributed by atoms with Crippen LogP contribution in [0.1, 0.15) is 29.8 Å². The molecule has 1 aliphatic heterocycles. The molecule has 0 bridgehead atoms. The Morgan fingerprint density at radius 3 is 2.89 bits per heavy atom. The Bertz CT molecular complexity index is 1180. The molecule has 1 amide bonds. The minimum absolute atomic E-state index is 0.0513. The van der Waals surface area contributed by atoms with Gasteiger partial charge in [-0.15, -0.1) is 11.3 Å². The summed E-state index contributed by atoms with van der Waals surface area (Å²) in [6.45, 7) is 1.55. The van der Waals surface area contributed by atoms with Crippen molar-refractivity contribution < 1.29 is 9.21 Å². The van der Waals surface area contributed by atoms with E-state index in [1.165, 1.54) is 0 Å². The van der Waals surface area contributed by atoms with Crippen molar-refractivity contribution in [2.24, 2.45) is 5.10 Å². The fourth-order valence-corrected chi connectivity index (χ4v) is 4.20. The van der Waals surface area contributed by atoms with Crippen LogP contribution in [-0.2, 0) is 4.79 Å². The number of oxazole rings is 1. The molecular formula is C21H16N4O2S. The lowest BCUT2D eigenvalue weighted by Gasteiger charge is -2.18. The van der Waals surface area contributed by atoms with Crippen LogP contribution in [-0.4, -0.2) is 26.6 Å². The van der Waals surface area contributed by atoms with E-state index in [1.54, 1.807) is 29.5 Å². The Kier molecular flexibility index (Phi) is 4.02. The molecule has 0 aliphatic carbocycles. The highest BCUT2D eigenvalue weighted by Gasteiger charge is 2.32. The summed E-state index contributed by atoms with van der Waals surface area (Å²) in [7, 11) is 0. The summed E-state index contributed by atoms with van der Waals surface area (Å²) in [5.41, 5.74) is 3.95. The number of thiophene rings is 1. The van der Waals surface area contributed by atoms with Gasteiger partial charge in [0.25, 0.3) is 0 Å². The molecule has 5 rings (SSSR count). The smallest absolute Gasteiger partial charge is 0.246 e. The van der Waals surface area contributed by atoms with Crippen molar-refractivity contribution >= 4 is 34.1 Å². The molecule has 6 nitrogen and oxygen atoms in total. The molecule has 0 fully saturated rings. The van der Waals surface area contributed by atoms with Crippen molar-refractivity contribution in [3.63, 3.8) is 0 Å². The topological polar surface area (TPSA) is 71.6 Å². The minimum Gasteiger partial charge on any atom is -0.435 e. The molecule has 1 unspecified atom stereocenters. The second kappa shape index (κ2) is 6.69. The molecule has 1 aliphatic rings. The van der Waals surface area contributed by atoms with Crippen molar-refractivity contribution in [3.05, 3.63) is 70.5 Å². The average Bonchev–Trinajstić information content (AvgIpc) is 3.46. The molecule has 4 aromatic rings. The van der Waals surface area contributed by atoms with Crippen LogP contribution in [0.15, 0.2) is 69.6 Å². The molecule has 4 heterocycles. The largest absolute Gasteiger partial charge is 0.435 e. The number of fused-ring (bicyclic) bond motifs is 1. The van der Waals surface area contributed by atoms with Gasteiger partial charge >= 0.3 is 0 Å². The molecule has 0 saturated heterocycles. The molecule has 0 saturated carbocycles. The Balaban J connectivity index is 1.50. The van der Waals surface area contributed by atoms with Crippen LogP contribution >= 0.6 is 11.3 Å². The minimum atomic E-state index is -0.0617. The Morgan fingerprint density at radius 2 is 2.14 bits per heavy atom. The van der Waals surface area contributed by atoms with Gasteiger partial charge in [-0.2, -0.15) is 5.10 Å². The maximum absolute atomic E-state index is 12.1. The van der Waals surface area contributed by atoms with Gasteiger partial charge in [-0.25, -0.2) is 9.99 Å². The summed E-state index contributed by atoms with van der Waals surface area (Å²) in [5, 5.41) is 8.20. The zero-order valence-corrected chi connectivity index (χ0v) is 15.9. The SMILES string of the molecule is CC(=O)N1N=C(c2ccc3oc(-c4ccccn4)nc3c2)CC1c1cccs1. The number of aromatic nitrogens is 2. The van der Waals surface area contributed by atoms with Crippen molar-refractivity contribution in [2.75, 3.05) is 0 Å². The van der Waals surface area contributed by atoms with Gasteiger partial charge in [-0.3, -0.25) is 9.78 Å². The number of carbonyl (C=O) groups is 1. The van der Waals surface area contributed by atoms with E-state index in [2.05, 4.69) is 15.1 Å². The highest BCUT2D eigenvalue weighted by atomic mass is 32.1. The van der Waals surface area contributed by atoms with Gasteiger partial charge in [-0.05, 0) is 41.8 Å². The normalized spacial score (nSPS) is 16.5. The molecule has 0 spiro atoms. The van der Waals surface area contributed by atoms with Crippen molar-refractivity contribution in [2.45, 2.75) is 19.4 Å². The highest BCUT2D eigenvalue weighted by molar-refractivity contribution is 7.10. The quantitative estimate of drug-likeness (QED) is 0.512. The van der Waals surface area contributed by atoms with Gasteiger partial charge in [0.2, 0.25) is 11.8 Å². The number of rotatable bonds is 3. The fraction of sp³-hybridized carbons (Fsp3) is 0.143. The van der Waals surface area contributed by atoms with Crippen molar-refractivity contribution in [3.8, 4) is 11.6 Å². The molecule has 1 atom stereocenters. The number of hydrogen-bond acceptors (Lipinski definition) is 6. The van der Waals surface area contributed by atoms with E-state index in [9.17, 15) is 4.79 Å². The zero-order valence-electron chi connectivity index (χ0n) is 15.1. The first-order valence-corrected chi connectivity index (χ1v) is 9.80. The zero-order chi connectivity index (χ0) is 19.1. The third-order valence-electron chi connectivity index (χ3n) is 4.71. The maximum atomic E-state index is 12.1. The third kappa shape index (κ3) is 2.90. The molecule has 138 valence electrons. The number of carbonyl (C=O) groups excluding carboxylic acids is 1. The van der Waals surface area contributed by atoms with Crippen LogP contribution < -0.4 is 0 Å². The first-order valence-electron chi connectivity index (χ1n) is 8.92. The van der Waals surface area contributed by atoms with Crippen LogP contribution in [0.2, 0.25) is 0 Å². The maximum Gasteiger partial charge on any atom is 0.246 e. The number of nitrogens with zero attached hydrogens (tertiary/aromatic N) is 4. The standard InChI is InChI=1S/C21H16N4O2S/c1-13(26)25-18(20-6-4-10-28-20)12-16(24-25)14-7-8-19-17(11-14)23-21(27-19)15-5-2-3-9-22-15/h2-11,18H,12H2,1H3. The van der Waals surface area contributed by atoms with Crippen LogP contribution in [0.4, 0.5) is 0 Å². The van der Waals surface area contributed by atoms with Crippen molar-refractivity contribution in [1.82, 2.24) is 15.0 Å². The Labute approximate surface area is 165 Å². The van der Waals surface area contributed by atoms with E-state index in [0.717, 1.165) is 21.7 Å². The second-order valence-electron chi connectivity index (χ2n) is 6.56. The molecule has 1 aromatic carbocycles. The fourth-order valence-electron chi connectivity index (χ4n) is 3.38. The van der Waals surface area contributed by atoms with Crippen molar-refractivity contribution in [1.29, 1.82) is 0 Å². The summed E-state index contributed by atoms with van der Waals surface area (Å²) >= 11 is 1.64. The molecule has 7 heteroatoms. The first kappa shape index (κ1) is 16.8. The lowest BCUT2D eigenvalue weighted by Crippen LogP contribution is -2.23. The predicted octanol–water partition coefficient (Wildman–Crippen LogP) is 4.65. The molecule has 28 heavy (non-hydrogen) atoms.